The van der Waals surface area contributed by atoms with Crippen molar-refractivity contribution in [3.05, 3.63) is 27.1 Å². The van der Waals surface area contributed by atoms with Crippen LogP contribution in [0.25, 0.3) is 0 Å². The molecule has 0 heterocycles. The third-order valence-electron chi connectivity index (χ3n) is 2.47. The maximum Gasteiger partial charge on any atom is 0.133 e. The van der Waals surface area contributed by atoms with Crippen LogP contribution in [0.15, 0.2) is 27.1 Å². The molecule has 96 valence electrons. The van der Waals surface area contributed by atoms with Gasteiger partial charge in [0.15, 0.2) is 0 Å². The predicted molar refractivity (Wildman–Crippen MR) is 79.7 cm³/mol. The predicted octanol–water partition coefficient (Wildman–Crippen LogP) is 4.37. The van der Waals surface area contributed by atoms with E-state index in [9.17, 15) is 0 Å². The van der Waals surface area contributed by atoms with Crippen molar-refractivity contribution in [1.29, 1.82) is 0 Å². The molecule has 0 saturated carbocycles. The van der Waals surface area contributed by atoms with Crippen LogP contribution in [0.1, 0.15) is 26.7 Å². The summed E-state index contributed by atoms with van der Waals surface area (Å²) in [7, 11) is 0. The van der Waals surface area contributed by atoms with Gasteiger partial charge in [0, 0.05) is 17.1 Å². The molecule has 0 aliphatic carbocycles. The lowest BCUT2D eigenvalue weighted by molar-refractivity contribution is 0.303. The van der Waals surface area contributed by atoms with Crippen molar-refractivity contribution in [2.75, 3.05) is 13.2 Å². The van der Waals surface area contributed by atoms with Crippen LogP contribution in [-0.4, -0.2) is 19.2 Å². The van der Waals surface area contributed by atoms with E-state index in [0.717, 1.165) is 21.2 Å². The smallest absolute Gasteiger partial charge is 0.133 e. The summed E-state index contributed by atoms with van der Waals surface area (Å²) < 4.78 is 7.72. The van der Waals surface area contributed by atoms with Gasteiger partial charge in [0.1, 0.15) is 12.4 Å². The van der Waals surface area contributed by atoms with E-state index in [0.29, 0.717) is 12.6 Å². The Morgan fingerprint density at radius 1 is 1.35 bits per heavy atom. The summed E-state index contributed by atoms with van der Waals surface area (Å²) in [6.07, 6.45) is 2.43. The van der Waals surface area contributed by atoms with Crippen LogP contribution in [0.2, 0.25) is 0 Å². The zero-order valence-electron chi connectivity index (χ0n) is 10.3. The lowest BCUT2D eigenvalue weighted by Crippen LogP contribution is -2.29. The first kappa shape index (κ1) is 15.0. The van der Waals surface area contributed by atoms with Gasteiger partial charge in [-0.1, -0.05) is 29.3 Å². The van der Waals surface area contributed by atoms with E-state index in [2.05, 4.69) is 51.0 Å². The molecular formula is C13H19Br2NO. The molecular weight excluding hydrogens is 346 g/mol. The molecule has 1 aromatic carbocycles. The van der Waals surface area contributed by atoms with Crippen molar-refractivity contribution in [2.45, 2.75) is 32.7 Å². The molecule has 4 heteroatoms. The summed E-state index contributed by atoms with van der Waals surface area (Å²) in [5.74, 6) is 0.887. The van der Waals surface area contributed by atoms with Gasteiger partial charge in [-0.2, -0.15) is 0 Å². The van der Waals surface area contributed by atoms with Crippen LogP contribution in [-0.2, 0) is 0 Å². The number of benzene rings is 1. The van der Waals surface area contributed by atoms with Crippen molar-refractivity contribution in [1.82, 2.24) is 5.32 Å². The molecule has 0 saturated heterocycles. The second-order valence-electron chi connectivity index (χ2n) is 4.07. The minimum atomic E-state index is 0.567. The lowest BCUT2D eigenvalue weighted by atomic mass is 10.2. The number of hydrogen-bond donors (Lipinski definition) is 1. The van der Waals surface area contributed by atoms with Gasteiger partial charge in [-0.05, 0) is 47.5 Å². The maximum atomic E-state index is 5.69. The molecule has 0 spiro atoms. The summed E-state index contributed by atoms with van der Waals surface area (Å²) in [4.78, 5) is 0. The molecule has 1 unspecified atom stereocenters. The van der Waals surface area contributed by atoms with Gasteiger partial charge in [0.25, 0.3) is 0 Å². The fourth-order valence-corrected chi connectivity index (χ4v) is 2.76. The van der Waals surface area contributed by atoms with Crippen LogP contribution in [0.3, 0.4) is 0 Å². The van der Waals surface area contributed by atoms with Crippen LogP contribution >= 0.6 is 31.9 Å². The monoisotopic (exact) mass is 363 g/mol. The Morgan fingerprint density at radius 3 is 2.76 bits per heavy atom. The summed E-state index contributed by atoms with van der Waals surface area (Å²) >= 11 is 6.89. The molecule has 1 rings (SSSR count). The molecule has 0 radical (unpaired) electrons. The van der Waals surface area contributed by atoms with Crippen LogP contribution in [0.5, 0.6) is 5.75 Å². The average Bonchev–Trinajstić information content (AvgIpc) is 2.27. The van der Waals surface area contributed by atoms with E-state index in [1.807, 2.05) is 18.2 Å². The highest BCUT2D eigenvalue weighted by Crippen LogP contribution is 2.27. The fraction of sp³-hybridized carbons (Fsp3) is 0.538. The third-order valence-corrected chi connectivity index (χ3v) is 3.58. The van der Waals surface area contributed by atoms with Gasteiger partial charge in [-0.3, -0.25) is 0 Å². The standard InChI is InChI=1S/C13H19Br2NO/c1-3-4-10(2)16-7-8-17-13-6-5-11(14)9-12(13)15/h5-6,9-10,16H,3-4,7-8H2,1-2H3. The first-order valence-electron chi connectivity index (χ1n) is 5.94. The highest BCUT2D eigenvalue weighted by atomic mass is 79.9. The summed E-state index contributed by atoms with van der Waals surface area (Å²) in [5.41, 5.74) is 0. The Hall–Kier alpha value is -0.0600. The van der Waals surface area contributed by atoms with E-state index in [1.54, 1.807) is 0 Å². The fourth-order valence-electron chi connectivity index (χ4n) is 1.59. The molecule has 0 aliphatic heterocycles. The Bertz CT molecular complexity index is 344. The highest BCUT2D eigenvalue weighted by molar-refractivity contribution is 9.11. The zero-order chi connectivity index (χ0) is 12.7. The summed E-state index contributed by atoms with van der Waals surface area (Å²) in [6.45, 7) is 5.98. The van der Waals surface area contributed by atoms with E-state index in [1.165, 1.54) is 12.8 Å². The Labute approximate surface area is 120 Å². The van der Waals surface area contributed by atoms with Crippen LogP contribution in [0, 0.1) is 0 Å². The van der Waals surface area contributed by atoms with E-state index in [-0.39, 0.29) is 0 Å². The molecule has 0 aromatic heterocycles. The third kappa shape index (κ3) is 5.89. The number of halogens is 2. The molecule has 0 fully saturated rings. The summed E-state index contributed by atoms with van der Waals surface area (Å²) in [6, 6.07) is 6.50. The van der Waals surface area contributed by atoms with E-state index >= 15 is 0 Å². The molecule has 2 nitrogen and oxygen atoms in total. The van der Waals surface area contributed by atoms with E-state index in [4.69, 9.17) is 4.74 Å². The molecule has 0 aliphatic rings. The molecule has 1 N–H and O–H groups in total. The molecule has 0 bridgehead atoms. The van der Waals surface area contributed by atoms with Gasteiger partial charge < -0.3 is 10.1 Å². The van der Waals surface area contributed by atoms with Gasteiger partial charge in [-0.15, -0.1) is 0 Å². The topological polar surface area (TPSA) is 21.3 Å². The first-order chi connectivity index (χ1) is 8.13. The van der Waals surface area contributed by atoms with Crippen molar-refractivity contribution >= 4 is 31.9 Å². The average molecular weight is 365 g/mol. The van der Waals surface area contributed by atoms with Crippen LogP contribution in [0.4, 0.5) is 0 Å². The molecule has 17 heavy (non-hydrogen) atoms. The Morgan fingerprint density at radius 2 is 2.12 bits per heavy atom. The second-order valence-corrected chi connectivity index (χ2v) is 5.84. The van der Waals surface area contributed by atoms with Gasteiger partial charge >= 0.3 is 0 Å². The molecule has 1 atom stereocenters. The van der Waals surface area contributed by atoms with E-state index < -0.39 is 0 Å². The SMILES string of the molecule is CCCC(C)NCCOc1ccc(Br)cc1Br. The molecule has 0 amide bonds. The zero-order valence-corrected chi connectivity index (χ0v) is 13.5. The van der Waals surface area contributed by atoms with Gasteiger partial charge in [0.05, 0.1) is 4.47 Å². The normalized spacial score (nSPS) is 12.5. The van der Waals surface area contributed by atoms with Gasteiger partial charge in [0.2, 0.25) is 0 Å². The maximum absolute atomic E-state index is 5.69. The van der Waals surface area contributed by atoms with Crippen molar-refractivity contribution in [2.24, 2.45) is 0 Å². The van der Waals surface area contributed by atoms with Crippen molar-refractivity contribution in [3.63, 3.8) is 0 Å². The lowest BCUT2D eigenvalue weighted by Gasteiger charge is -2.13. The van der Waals surface area contributed by atoms with Crippen LogP contribution < -0.4 is 10.1 Å². The quantitative estimate of drug-likeness (QED) is 0.725. The number of rotatable bonds is 7. The van der Waals surface area contributed by atoms with Crippen molar-refractivity contribution in [3.8, 4) is 5.75 Å². The second kappa shape index (κ2) is 8.11. The number of ether oxygens (including phenoxy) is 1. The molecule has 1 aromatic rings. The Balaban J connectivity index is 2.26. The Kier molecular flexibility index (Phi) is 7.16. The highest BCUT2D eigenvalue weighted by Gasteiger charge is 2.02. The number of hydrogen-bond acceptors (Lipinski definition) is 2. The summed E-state index contributed by atoms with van der Waals surface area (Å²) in [5, 5.41) is 3.44. The minimum absolute atomic E-state index is 0.567. The van der Waals surface area contributed by atoms with Gasteiger partial charge in [-0.25, -0.2) is 0 Å². The first-order valence-corrected chi connectivity index (χ1v) is 7.53. The number of nitrogens with one attached hydrogen (secondary N) is 1. The van der Waals surface area contributed by atoms with Crippen molar-refractivity contribution < 1.29 is 4.74 Å². The largest absolute Gasteiger partial charge is 0.491 e. The minimum Gasteiger partial charge on any atom is -0.491 e.